The molecule has 0 saturated heterocycles. The summed E-state index contributed by atoms with van der Waals surface area (Å²) in [5.74, 6) is -3.80. The minimum atomic E-state index is -1.39. The summed E-state index contributed by atoms with van der Waals surface area (Å²) in [5.41, 5.74) is 0. The Morgan fingerprint density at radius 2 is 1.35 bits per heavy atom. The highest BCUT2D eigenvalue weighted by Gasteiger charge is 2.24. The van der Waals surface area contributed by atoms with E-state index >= 15 is 0 Å². The van der Waals surface area contributed by atoms with Crippen molar-refractivity contribution in [2.75, 3.05) is 0 Å². The third-order valence-corrected chi connectivity index (χ3v) is 2.43. The smallest absolute Gasteiger partial charge is 0.326 e. The average molecular weight is 290 g/mol. The lowest BCUT2D eigenvalue weighted by atomic mass is 10.1. The Labute approximate surface area is 115 Å². The van der Waals surface area contributed by atoms with Crippen LogP contribution in [0, 0.1) is 0 Å². The van der Waals surface area contributed by atoms with Crippen LogP contribution in [0.25, 0.3) is 0 Å². The van der Waals surface area contributed by atoms with E-state index in [0.717, 1.165) is 0 Å². The number of nitrogens with one attached hydrogen (secondary N) is 2. The van der Waals surface area contributed by atoms with Crippen LogP contribution in [-0.4, -0.2) is 51.3 Å². The number of amides is 2. The highest BCUT2D eigenvalue weighted by molar-refractivity contribution is 5.86. The van der Waals surface area contributed by atoms with Crippen LogP contribution in [0.2, 0.25) is 0 Å². The normalized spacial score (nSPS) is 13.1. The summed E-state index contributed by atoms with van der Waals surface area (Å²) in [6.07, 6.45) is 0.0202. The number of hydrogen-bond donors (Lipinski definition) is 5. The van der Waals surface area contributed by atoms with E-state index in [1.165, 1.54) is 0 Å². The zero-order valence-corrected chi connectivity index (χ0v) is 11.0. The standard InChI is InChI=1S/C11H18N2O7/c1-2-3-6(9(16)17)12-11(20)13-7(10(18)19)4-5-8(14)15/h6-7H,2-5H2,1H3,(H,14,15)(H,16,17)(H,18,19)(H2,12,13,20)/t6-,7+/m0/s1. The van der Waals surface area contributed by atoms with Gasteiger partial charge in [-0.1, -0.05) is 13.3 Å². The van der Waals surface area contributed by atoms with Crippen molar-refractivity contribution in [3.63, 3.8) is 0 Å². The summed E-state index contributed by atoms with van der Waals surface area (Å²) >= 11 is 0. The van der Waals surface area contributed by atoms with Gasteiger partial charge in [-0.3, -0.25) is 4.79 Å². The summed E-state index contributed by atoms with van der Waals surface area (Å²) in [5, 5.41) is 30.3. The average Bonchev–Trinajstić information content (AvgIpc) is 2.33. The Morgan fingerprint density at radius 3 is 1.70 bits per heavy atom. The zero-order chi connectivity index (χ0) is 15.7. The minimum absolute atomic E-state index is 0.204. The molecule has 114 valence electrons. The van der Waals surface area contributed by atoms with Crippen LogP contribution in [0.4, 0.5) is 4.79 Å². The van der Waals surface area contributed by atoms with Gasteiger partial charge in [-0.05, 0) is 12.8 Å². The fraction of sp³-hybridized carbons (Fsp3) is 0.636. The van der Waals surface area contributed by atoms with E-state index < -0.39 is 42.4 Å². The molecule has 0 aromatic carbocycles. The second-order valence-corrected chi connectivity index (χ2v) is 4.12. The van der Waals surface area contributed by atoms with Gasteiger partial charge in [-0.2, -0.15) is 0 Å². The van der Waals surface area contributed by atoms with Gasteiger partial charge in [0.15, 0.2) is 0 Å². The van der Waals surface area contributed by atoms with Gasteiger partial charge >= 0.3 is 23.9 Å². The first-order valence-corrected chi connectivity index (χ1v) is 6.02. The summed E-state index contributed by atoms with van der Waals surface area (Å²) in [6.45, 7) is 1.74. The lowest BCUT2D eigenvalue weighted by Gasteiger charge is -2.17. The molecule has 0 unspecified atom stereocenters. The van der Waals surface area contributed by atoms with E-state index in [4.69, 9.17) is 15.3 Å². The molecule has 2 amide bonds. The number of hydrogen-bond acceptors (Lipinski definition) is 4. The van der Waals surface area contributed by atoms with Crippen molar-refractivity contribution in [2.45, 2.75) is 44.7 Å². The predicted molar refractivity (Wildman–Crippen MR) is 66.3 cm³/mol. The van der Waals surface area contributed by atoms with Crippen molar-refractivity contribution in [3.8, 4) is 0 Å². The number of urea groups is 1. The Balaban J connectivity index is 4.47. The molecule has 0 saturated carbocycles. The molecular weight excluding hydrogens is 272 g/mol. The first-order valence-electron chi connectivity index (χ1n) is 6.02. The van der Waals surface area contributed by atoms with Crippen LogP contribution in [0.5, 0.6) is 0 Å². The van der Waals surface area contributed by atoms with Crippen molar-refractivity contribution in [2.24, 2.45) is 0 Å². The maximum absolute atomic E-state index is 11.5. The highest BCUT2D eigenvalue weighted by atomic mass is 16.4. The fourth-order valence-electron chi connectivity index (χ4n) is 1.43. The number of carbonyl (C=O) groups excluding carboxylic acids is 1. The number of rotatable bonds is 9. The predicted octanol–water partition coefficient (Wildman–Crippen LogP) is -0.143. The maximum Gasteiger partial charge on any atom is 0.326 e. The summed E-state index contributed by atoms with van der Waals surface area (Å²) in [7, 11) is 0. The summed E-state index contributed by atoms with van der Waals surface area (Å²) in [4.78, 5) is 43.5. The first-order chi connectivity index (χ1) is 9.27. The molecular formula is C11H18N2O7. The topological polar surface area (TPSA) is 153 Å². The van der Waals surface area contributed by atoms with Crippen molar-refractivity contribution < 1.29 is 34.5 Å². The molecule has 0 aliphatic carbocycles. The maximum atomic E-state index is 11.5. The van der Waals surface area contributed by atoms with Crippen LogP contribution in [-0.2, 0) is 14.4 Å². The van der Waals surface area contributed by atoms with Crippen LogP contribution in [0.15, 0.2) is 0 Å². The van der Waals surface area contributed by atoms with Gasteiger partial charge in [0.2, 0.25) is 0 Å². The molecule has 20 heavy (non-hydrogen) atoms. The second-order valence-electron chi connectivity index (χ2n) is 4.12. The van der Waals surface area contributed by atoms with Gasteiger partial charge in [-0.25, -0.2) is 14.4 Å². The van der Waals surface area contributed by atoms with Gasteiger partial charge in [-0.15, -0.1) is 0 Å². The quantitative estimate of drug-likeness (QED) is 0.396. The van der Waals surface area contributed by atoms with Gasteiger partial charge in [0.25, 0.3) is 0 Å². The molecule has 0 heterocycles. The van der Waals surface area contributed by atoms with Crippen molar-refractivity contribution >= 4 is 23.9 Å². The number of carboxylic acids is 3. The Morgan fingerprint density at radius 1 is 0.900 bits per heavy atom. The van der Waals surface area contributed by atoms with Crippen molar-refractivity contribution in [3.05, 3.63) is 0 Å². The van der Waals surface area contributed by atoms with Crippen LogP contribution >= 0.6 is 0 Å². The number of aliphatic carboxylic acids is 3. The second kappa shape index (κ2) is 8.73. The largest absolute Gasteiger partial charge is 0.481 e. The molecule has 0 spiro atoms. The monoisotopic (exact) mass is 290 g/mol. The van der Waals surface area contributed by atoms with Crippen LogP contribution in [0.1, 0.15) is 32.6 Å². The van der Waals surface area contributed by atoms with Gasteiger partial charge in [0.05, 0.1) is 0 Å². The van der Waals surface area contributed by atoms with Crippen molar-refractivity contribution in [1.29, 1.82) is 0 Å². The van der Waals surface area contributed by atoms with E-state index in [1.54, 1.807) is 6.92 Å². The highest BCUT2D eigenvalue weighted by Crippen LogP contribution is 2.00. The van der Waals surface area contributed by atoms with Gasteiger partial charge in [0, 0.05) is 6.42 Å². The molecule has 9 nitrogen and oxygen atoms in total. The Bertz CT molecular complexity index is 383. The molecule has 0 aliphatic heterocycles. The molecule has 2 atom stereocenters. The van der Waals surface area contributed by atoms with E-state index in [2.05, 4.69) is 5.32 Å². The summed E-state index contributed by atoms with van der Waals surface area (Å²) < 4.78 is 0. The fourth-order valence-corrected chi connectivity index (χ4v) is 1.43. The minimum Gasteiger partial charge on any atom is -0.481 e. The van der Waals surface area contributed by atoms with Crippen molar-refractivity contribution in [1.82, 2.24) is 10.6 Å². The SMILES string of the molecule is CCC[C@H](NC(=O)N[C@H](CCC(=O)O)C(=O)O)C(=O)O. The molecule has 0 aromatic heterocycles. The van der Waals surface area contributed by atoms with E-state index in [9.17, 15) is 19.2 Å². The lowest BCUT2D eigenvalue weighted by molar-refractivity contribution is -0.140. The third-order valence-electron chi connectivity index (χ3n) is 2.43. The molecule has 0 fully saturated rings. The van der Waals surface area contributed by atoms with E-state index in [0.29, 0.717) is 6.42 Å². The molecule has 0 radical (unpaired) electrons. The van der Waals surface area contributed by atoms with Crippen LogP contribution < -0.4 is 10.6 Å². The van der Waals surface area contributed by atoms with Gasteiger partial charge < -0.3 is 26.0 Å². The zero-order valence-electron chi connectivity index (χ0n) is 11.0. The number of carbonyl (C=O) groups is 4. The third kappa shape index (κ3) is 7.19. The number of carboxylic acid groups (broad SMARTS) is 3. The molecule has 0 rings (SSSR count). The summed E-state index contributed by atoms with van der Waals surface area (Å²) in [6, 6.07) is -3.46. The molecule has 0 aliphatic rings. The van der Waals surface area contributed by atoms with E-state index in [1.807, 2.05) is 5.32 Å². The van der Waals surface area contributed by atoms with Crippen LogP contribution in [0.3, 0.4) is 0 Å². The van der Waals surface area contributed by atoms with E-state index in [-0.39, 0.29) is 12.8 Å². The Hall–Kier alpha value is -2.32. The molecule has 9 heteroatoms. The Kier molecular flexibility index (Phi) is 7.71. The molecule has 5 N–H and O–H groups in total. The molecule has 0 bridgehead atoms. The lowest BCUT2D eigenvalue weighted by Crippen LogP contribution is -2.51. The first kappa shape index (κ1) is 17.7. The molecule has 0 aromatic rings. The van der Waals surface area contributed by atoms with Gasteiger partial charge in [0.1, 0.15) is 12.1 Å².